The second kappa shape index (κ2) is 6.61. The van der Waals surface area contributed by atoms with Gasteiger partial charge in [-0.2, -0.15) is 0 Å². The quantitative estimate of drug-likeness (QED) is 0.788. The Hall–Kier alpha value is -1.26. The van der Waals surface area contributed by atoms with Gasteiger partial charge in [-0.15, -0.1) is 0 Å². The molecule has 2 aromatic rings. The molecule has 0 saturated carbocycles. The average molecular weight is 278 g/mol. The smallest absolute Gasteiger partial charge is 0.115 e. The molecule has 2 nitrogen and oxygen atoms in total. The van der Waals surface area contributed by atoms with Gasteiger partial charge in [-0.3, -0.25) is 0 Å². The zero-order valence-electron chi connectivity index (χ0n) is 9.82. The van der Waals surface area contributed by atoms with Crippen LogP contribution in [0.1, 0.15) is 11.1 Å². The fourth-order valence-corrected chi connectivity index (χ4v) is 4.35. The first-order chi connectivity index (χ1) is 8.75. The summed E-state index contributed by atoms with van der Waals surface area (Å²) in [6, 6.07) is 19.0. The van der Waals surface area contributed by atoms with Crippen LogP contribution >= 0.6 is 0 Å². The van der Waals surface area contributed by atoms with Crippen molar-refractivity contribution < 1.29 is 8.42 Å². The summed E-state index contributed by atoms with van der Waals surface area (Å²) < 4.78 is 23.9. The van der Waals surface area contributed by atoms with Crippen LogP contribution in [0.5, 0.6) is 0 Å². The van der Waals surface area contributed by atoms with E-state index in [1.807, 2.05) is 60.7 Å². The second-order valence-corrected chi connectivity index (χ2v) is 7.89. The third-order valence-electron chi connectivity index (χ3n) is 2.46. The van der Waals surface area contributed by atoms with Crippen LogP contribution in [0.25, 0.3) is 0 Å². The molecule has 0 aliphatic heterocycles. The van der Waals surface area contributed by atoms with Gasteiger partial charge in [0, 0.05) is 0 Å². The summed E-state index contributed by atoms with van der Waals surface area (Å²) in [5, 5.41) is 0. The lowest BCUT2D eigenvalue weighted by molar-refractivity contribution is 0.676. The Morgan fingerprint density at radius 1 is 0.611 bits per heavy atom. The zero-order chi connectivity index (χ0) is 12.8. The average Bonchev–Trinajstić information content (AvgIpc) is 2.41. The van der Waals surface area contributed by atoms with Gasteiger partial charge in [0.15, 0.2) is 0 Å². The molecule has 94 valence electrons. The van der Waals surface area contributed by atoms with Crippen LogP contribution in [-0.2, 0) is 31.2 Å². The van der Waals surface area contributed by atoms with Gasteiger partial charge in [0.05, 0.1) is 11.5 Å². The Morgan fingerprint density at radius 3 is 1.28 bits per heavy atom. The lowest BCUT2D eigenvalue weighted by Gasteiger charge is -2.03. The summed E-state index contributed by atoms with van der Waals surface area (Å²) in [5.41, 5.74) is 1.91. The van der Waals surface area contributed by atoms with Crippen molar-refractivity contribution in [1.82, 2.24) is 0 Å². The molecule has 0 radical (unpaired) electrons. The molecule has 0 N–H and O–H groups in total. The number of hydrogen-bond donors (Lipinski definition) is 0. The van der Waals surface area contributed by atoms with Crippen molar-refractivity contribution in [2.24, 2.45) is 0 Å². The van der Waals surface area contributed by atoms with Gasteiger partial charge in [-0.1, -0.05) is 60.7 Å². The molecule has 2 atom stereocenters. The lowest BCUT2D eigenvalue weighted by Crippen LogP contribution is -2.05. The molecule has 0 heterocycles. The third-order valence-corrected chi connectivity index (χ3v) is 5.97. The molecule has 2 unspecified atom stereocenters. The van der Waals surface area contributed by atoms with E-state index in [1.54, 1.807) is 0 Å². The van der Waals surface area contributed by atoms with E-state index in [9.17, 15) is 8.42 Å². The van der Waals surface area contributed by atoms with Crippen molar-refractivity contribution in [3.8, 4) is 0 Å². The van der Waals surface area contributed by atoms with E-state index in [-0.39, 0.29) is 0 Å². The molecular formula is C14H14O2S2. The topological polar surface area (TPSA) is 34.1 Å². The van der Waals surface area contributed by atoms with Crippen LogP contribution in [0.2, 0.25) is 0 Å². The van der Waals surface area contributed by atoms with Crippen molar-refractivity contribution in [3.05, 3.63) is 71.8 Å². The monoisotopic (exact) mass is 278 g/mol. The van der Waals surface area contributed by atoms with Gasteiger partial charge < -0.3 is 0 Å². The van der Waals surface area contributed by atoms with Crippen molar-refractivity contribution in [2.75, 3.05) is 0 Å². The summed E-state index contributed by atoms with van der Waals surface area (Å²) in [7, 11) is -2.69. The molecule has 0 aliphatic carbocycles. The highest BCUT2D eigenvalue weighted by Crippen LogP contribution is 2.10. The fraction of sp³-hybridized carbons (Fsp3) is 0.143. The van der Waals surface area contributed by atoms with Crippen LogP contribution in [0.3, 0.4) is 0 Å². The van der Waals surface area contributed by atoms with Crippen LogP contribution in [-0.4, -0.2) is 8.42 Å². The van der Waals surface area contributed by atoms with E-state index in [1.165, 1.54) is 0 Å². The zero-order valence-corrected chi connectivity index (χ0v) is 11.5. The molecule has 0 aromatic heterocycles. The summed E-state index contributed by atoms with van der Waals surface area (Å²) in [6.45, 7) is 0. The predicted octanol–water partition coefficient (Wildman–Crippen LogP) is 2.80. The highest BCUT2D eigenvalue weighted by molar-refractivity contribution is 8.60. The van der Waals surface area contributed by atoms with Crippen LogP contribution in [0.4, 0.5) is 0 Å². The third kappa shape index (κ3) is 3.89. The summed E-state index contributed by atoms with van der Waals surface area (Å²) in [6.07, 6.45) is 0. The van der Waals surface area contributed by atoms with Gasteiger partial charge >= 0.3 is 0 Å². The molecule has 0 amide bonds. The first-order valence-corrected chi connectivity index (χ1v) is 8.76. The first kappa shape index (κ1) is 13.2. The Labute approximate surface area is 111 Å². The molecule has 0 spiro atoms. The molecule has 0 fully saturated rings. The van der Waals surface area contributed by atoms with Crippen molar-refractivity contribution in [3.63, 3.8) is 0 Å². The second-order valence-electron chi connectivity index (χ2n) is 3.87. The molecule has 2 rings (SSSR count). The highest BCUT2D eigenvalue weighted by atomic mass is 33.1. The van der Waals surface area contributed by atoms with E-state index < -0.39 is 19.7 Å². The van der Waals surface area contributed by atoms with E-state index >= 15 is 0 Å². The fourth-order valence-electron chi connectivity index (χ4n) is 1.55. The molecular weight excluding hydrogens is 264 g/mol. The maximum absolute atomic E-state index is 11.9. The van der Waals surface area contributed by atoms with Crippen molar-refractivity contribution >= 4 is 19.7 Å². The Kier molecular flexibility index (Phi) is 4.84. The van der Waals surface area contributed by atoms with Crippen molar-refractivity contribution in [1.29, 1.82) is 0 Å². The van der Waals surface area contributed by atoms with Crippen LogP contribution < -0.4 is 0 Å². The molecule has 0 bridgehead atoms. The summed E-state index contributed by atoms with van der Waals surface area (Å²) in [4.78, 5) is 0. The largest absolute Gasteiger partial charge is 0.245 e. The molecule has 4 heteroatoms. The van der Waals surface area contributed by atoms with Gasteiger partial charge in [0.1, 0.15) is 19.7 Å². The molecule has 0 aliphatic rings. The standard InChI is InChI=1S/C14H14O2S2/c15-17(11-13-7-3-1-4-8-13)18(16)12-14-9-5-2-6-10-14/h1-10H,11-12H2. The van der Waals surface area contributed by atoms with Crippen LogP contribution in [0, 0.1) is 0 Å². The SMILES string of the molecule is O=S(Cc1ccccc1)S(=O)Cc1ccccc1. The molecule has 18 heavy (non-hydrogen) atoms. The van der Waals surface area contributed by atoms with E-state index in [4.69, 9.17) is 0 Å². The van der Waals surface area contributed by atoms with Gasteiger partial charge in [-0.05, 0) is 11.1 Å². The van der Waals surface area contributed by atoms with Crippen LogP contribution in [0.15, 0.2) is 60.7 Å². The predicted molar refractivity (Wildman–Crippen MR) is 76.6 cm³/mol. The maximum atomic E-state index is 11.9. The maximum Gasteiger partial charge on any atom is 0.115 e. The lowest BCUT2D eigenvalue weighted by atomic mass is 10.2. The van der Waals surface area contributed by atoms with Gasteiger partial charge in [-0.25, -0.2) is 8.42 Å². The summed E-state index contributed by atoms with van der Waals surface area (Å²) in [5.74, 6) is 0.695. The Balaban J connectivity index is 1.96. The molecule has 2 aromatic carbocycles. The Bertz CT molecular complexity index is 487. The minimum absolute atomic E-state index is 0.348. The minimum Gasteiger partial charge on any atom is -0.245 e. The van der Waals surface area contributed by atoms with Gasteiger partial charge in [0.25, 0.3) is 0 Å². The Morgan fingerprint density at radius 2 is 0.944 bits per heavy atom. The van der Waals surface area contributed by atoms with E-state index in [2.05, 4.69) is 0 Å². The number of hydrogen-bond acceptors (Lipinski definition) is 2. The number of rotatable bonds is 5. The number of benzene rings is 2. The van der Waals surface area contributed by atoms with Gasteiger partial charge in [0.2, 0.25) is 0 Å². The van der Waals surface area contributed by atoms with Crippen molar-refractivity contribution in [2.45, 2.75) is 11.5 Å². The normalized spacial score (nSPS) is 14.0. The minimum atomic E-state index is -1.34. The first-order valence-electron chi connectivity index (χ1n) is 5.61. The molecule has 0 saturated heterocycles. The van der Waals surface area contributed by atoms with E-state index in [0.29, 0.717) is 11.5 Å². The summed E-state index contributed by atoms with van der Waals surface area (Å²) >= 11 is 0. The van der Waals surface area contributed by atoms with E-state index in [0.717, 1.165) is 11.1 Å². The highest BCUT2D eigenvalue weighted by Gasteiger charge is 2.11.